The maximum Gasteiger partial charge on any atom is 0.325 e. The van der Waals surface area contributed by atoms with Crippen LogP contribution in [0.2, 0.25) is 0 Å². The number of aliphatic hydroxyl groups excluding tert-OH is 2. The molecular weight excluding hydrogens is 1340 g/mol. The lowest BCUT2D eigenvalue weighted by Gasteiger charge is -2.34. The highest BCUT2D eigenvalue weighted by Gasteiger charge is 2.42. The molecule has 2 aliphatic rings. The summed E-state index contributed by atoms with van der Waals surface area (Å²) >= 11 is 0. The highest BCUT2D eigenvalue weighted by atomic mass is 16.5. The number of hydrogen-bond donors (Lipinski definition) is 13. The second-order valence-corrected chi connectivity index (χ2v) is 30.1. The Balaban J connectivity index is 2.35. The van der Waals surface area contributed by atoms with Crippen molar-refractivity contribution < 1.29 is 77.2 Å². The maximum absolute atomic E-state index is 14.5. The summed E-state index contributed by atoms with van der Waals surface area (Å²) in [5.74, 6) is -12.1. The number of amidine groups is 1. The number of cyclic esters (lactones) is 2. The molecule has 2 saturated heterocycles. The van der Waals surface area contributed by atoms with Crippen LogP contribution in [0.3, 0.4) is 0 Å². The molecule has 0 bridgehead atoms. The molecule has 0 radical (unpaired) electrons. The molecule has 2 rings (SSSR count). The van der Waals surface area contributed by atoms with Crippen molar-refractivity contribution in [3.8, 4) is 0 Å². The number of nitrogens with one attached hydrogen (secondary N) is 9. The molecule has 596 valence electrons. The summed E-state index contributed by atoms with van der Waals surface area (Å²) in [6, 6.07) is -10.3. The molecule has 0 aromatic carbocycles. The quantitative estimate of drug-likeness (QED) is 0.0175. The van der Waals surface area contributed by atoms with Gasteiger partial charge in [0.25, 0.3) is 0 Å². The number of rotatable bonds is 36. The van der Waals surface area contributed by atoms with Crippen molar-refractivity contribution in [3.05, 3.63) is 0 Å². The van der Waals surface area contributed by atoms with Crippen LogP contribution in [-0.2, 0) is 67.0 Å². The SMILES string of the molecule is CCCCCCCCCC[C@H]1OC(=O)CNC(=O)[C@H]([C@@H](O)CCCCCCCCCCC[C@H]2OC(=O)CNC(=O)[C@H]([C@H](C)O)NC(=O)[C@H](CCN)NC(=O)[C@H]([C@@H](C)CC)NC(=O)[C@H](CC(C)C)N(C)C(=O)[C@@H]2C)NC(=O)[C@H](CCC(=N)N)NC(=O)[C@H]([C@@H](C)CC)NC(=O)[C@H](CC(C)C)N(C)C(=O)[C@@H]1C. The number of hydrogen-bond acceptors (Lipinski definition) is 18. The number of ether oxygens (including phenoxy) is 2. The molecule has 10 amide bonds. The number of esters is 2. The standard InChI is InChI=1S/C75H135N13O16/c1-15-18-19-20-21-26-29-32-35-58-50(11)75(102)87(13)54(41-45(4)5)68(95)83-62(47(8)16-2)72(99)81-52(37-38-59(77)78)66(93)86-65(71(98)80-44-61(92)104-58)56(90)34-31-28-25-23-22-24-27-30-33-36-57-49(10)74(101)88(14)55(42-46(6)7)69(96)84-63(48(9)17-3)73(100)82-53(39-40-76)67(94)85-64(51(12)89)70(97)79-43-60(91)103-57/h45-58,62-65,89-90H,15-44,76H2,1-14H3,(H3,77,78)(H,79,97)(H,80,98)(H,81,99)(H,82,100)(H,83,95)(H,84,96)(H,85,94)(H,86,93)/t47-,48-,49+,50+,51-,52-,53-,54-,55-,56-,57+,58+,62-,63-,64-,65-/m0/s1. The minimum Gasteiger partial charge on any atom is -0.460 e. The zero-order valence-corrected chi connectivity index (χ0v) is 65.3. The van der Waals surface area contributed by atoms with Crippen molar-refractivity contribution in [1.82, 2.24) is 52.3 Å². The van der Waals surface area contributed by atoms with Crippen LogP contribution in [-0.4, -0.2) is 203 Å². The van der Waals surface area contributed by atoms with E-state index in [4.69, 9.17) is 26.4 Å². The van der Waals surface area contributed by atoms with E-state index in [0.29, 0.717) is 51.4 Å². The molecule has 0 unspecified atom stereocenters. The molecular formula is C75H135N13O16. The number of likely N-dealkylation sites (N-methyl/N-ethyl adjacent to an activating group) is 2. The van der Waals surface area contributed by atoms with Crippen molar-refractivity contribution in [2.75, 3.05) is 33.7 Å². The number of unbranched alkanes of at least 4 members (excludes halogenated alkanes) is 15. The first-order valence-electron chi connectivity index (χ1n) is 38.8. The molecule has 0 spiro atoms. The van der Waals surface area contributed by atoms with Gasteiger partial charge in [-0.05, 0) is 94.9 Å². The largest absolute Gasteiger partial charge is 0.460 e. The summed E-state index contributed by atoms with van der Waals surface area (Å²) in [6.07, 6.45) is 10.9. The van der Waals surface area contributed by atoms with Crippen LogP contribution in [0, 0.1) is 40.9 Å². The van der Waals surface area contributed by atoms with Crippen LogP contribution in [0.25, 0.3) is 0 Å². The van der Waals surface area contributed by atoms with E-state index in [1.165, 1.54) is 30.8 Å². The lowest BCUT2D eigenvalue weighted by Crippen LogP contribution is -2.61. The summed E-state index contributed by atoms with van der Waals surface area (Å²) in [7, 11) is 3.00. The van der Waals surface area contributed by atoms with Crippen LogP contribution in [0.4, 0.5) is 0 Å². The molecule has 2 aliphatic heterocycles. The number of carbonyl (C=O) groups is 12. The van der Waals surface area contributed by atoms with Crippen molar-refractivity contribution in [2.24, 2.45) is 47.0 Å². The van der Waals surface area contributed by atoms with Crippen molar-refractivity contribution in [3.63, 3.8) is 0 Å². The second kappa shape index (κ2) is 49.7. The lowest BCUT2D eigenvalue weighted by atomic mass is 9.94. The fourth-order valence-corrected chi connectivity index (χ4v) is 13.1. The van der Waals surface area contributed by atoms with Gasteiger partial charge in [0.2, 0.25) is 59.1 Å². The Bertz CT molecular complexity index is 2720. The van der Waals surface area contributed by atoms with Gasteiger partial charge in [0.1, 0.15) is 73.6 Å². The van der Waals surface area contributed by atoms with Crippen LogP contribution in [0.5, 0.6) is 0 Å². The van der Waals surface area contributed by atoms with E-state index >= 15 is 0 Å². The molecule has 104 heavy (non-hydrogen) atoms. The Kier molecular flexibility index (Phi) is 44.5. The van der Waals surface area contributed by atoms with Gasteiger partial charge in [0.05, 0.1) is 29.9 Å². The Hall–Kier alpha value is -7.01. The topological polar surface area (TPSA) is 442 Å². The molecule has 15 N–H and O–H groups in total. The summed E-state index contributed by atoms with van der Waals surface area (Å²) < 4.78 is 12.0. The zero-order valence-electron chi connectivity index (χ0n) is 65.3. The zero-order chi connectivity index (χ0) is 78.3. The average Bonchev–Trinajstić information content (AvgIpc) is 0.978. The first kappa shape index (κ1) is 93.1. The third kappa shape index (κ3) is 33.2. The third-order valence-electron chi connectivity index (χ3n) is 20.3. The van der Waals surface area contributed by atoms with Crippen LogP contribution in [0.1, 0.15) is 256 Å². The number of amides is 10. The molecule has 29 nitrogen and oxygen atoms in total. The Morgan fingerprint density at radius 1 is 0.471 bits per heavy atom. The van der Waals surface area contributed by atoms with E-state index in [1.54, 1.807) is 27.7 Å². The van der Waals surface area contributed by atoms with E-state index in [2.05, 4.69) is 49.5 Å². The van der Waals surface area contributed by atoms with Crippen molar-refractivity contribution >= 4 is 76.8 Å². The molecule has 0 saturated carbocycles. The van der Waals surface area contributed by atoms with Gasteiger partial charge in [-0.1, -0.05) is 185 Å². The first-order valence-corrected chi connectivity index (χ1v) is 38.8. The predicted octanol–water partition coefficient (Wildman–Crippen LogP) is 4.72. The van der Waals surface area contributed by atoms with E-state index in [1.807, 2.05) is 41.5 Å². The molecule has 29 heteroatoms. The molecule has 2 fully saturated rings. The lowest BCUT2D eigenvalue weighted by molar-refractivity contribution is -0.158. The Morgan fingerprint density at radius 2 is 0.827 bits per heavy atom. The normalized spacial score (nSPS) is 26.1. The summed E-state index contributed by atoms with van der Waals surface area (Å²) in [5, 5.41) is 51.5. The van der Waals surface area contributed by atoms with Gasteiger partial charge < -0.3 is 83.5 Å². The average molecular weight is 1470 g/mol. The van der Waals surface area contributed by atoms with Gasteiger partial charge in [0, 0.05) is 20.5 Å². The van der Waals surface area contributed by atoms with Crippen LogP contribution >= 0.6 is 0 Å². The fourth-order valence-electron chi connectivity index (χ4n) is 13.1. The van der Waals surface area contributed by atoms with Gasteiger partial charge in [0.15, 0.2) is 0 Å². The predicted molar refractivity (Wildman–Crippen MR) is 397 cm³/mol. The van der Waals surface area contributed by atoms with E-state index in [9.17, 15) is 67.7 Å². The number of nitrogens with two attached hydrogens (primary N) is 2. The van der Waals surface area contributed by atoms with E-state index in [-0.39, 0.29) is 69.2 Å². The summed E-state index contributed by atoms with van der Waals surface area (Å²) in [5.41, 5.74) is 11.6. The van der Waals surface area contributed by atoms with E-state index < -0.39 is 181 Å². The fraction of sp³-hybridized carbons (Fsp3) is 0.827. The van der Waals surface area contributed by atoms with Gasteiger partial charge in [-0.15, -0.1) is 0 Å². The maximum atomic E-state index is 14.5. The highest BCUT2D eigenvalue weighted by Crippen LogP contribution is 2.26. The number of aliphatic hydroxyl groups is 2. The smallest absolute Gasteiger partial charge is 0.325 e. The van der Waals surface area contributed by atoms with Gasteiger partial charge in [-0.25, -0.2) is 0 Å². The molecule has 0 aliphatic carbocycles. The molecule has 2 heterocycles. The molecule has 0 aromatic rings. The Morgan fingerprint density at radius 3 is 1.19 bits per heavy atom. The summed E-state index contributed by atoms with van der Waals surface area (Å²) in [6.45, 7) is 20.1. The van der Waals surface area contributed by atoms with Gasteiger partial charge >= 0.3 is 11.9 Å². The second-order valence-electron chi connectivity index (χ2n) is 30.1. The van der Waals surface area contributed by atoms with Crippen LogP contribution in [0.15, 0.2) is 0 Å². The molecule has 0 aromatic heterocycles. The molecule has 16 atom stereocenters. The van der Waals surface area contributed by atoms with Gasteiger partial charge in [-0.3, -0.25) is 62.9 Å². The number of carbonyl (C=O) groups excluding carboxylic acids is 12. The third-order valence-corrected chi connectivity index (χ3v) is 20.3. The van der Waals surface area contributed by atoms with Crippen molar-refractivity contribution in [2.45, 2.75) is 329 Å². The summed E-state index contributed by atoms with van der Waals surface area (Å²) in [4.78, 5) is 172. The monoisotopic (exact) mass is 1470 g/mol. The first-order chi connectivity index (χ1) is 49.1. The Labute approximate surface area is 619 Å². The minimum atomic E-state index is -1.64. The highest BCUT2D eigenvalue weighted by molar-refractivity contribution is 5.98. The van der Waals surface area contributed by atoms with Crippen molar-refractivity contribution in [1.29, 1.82) is 5.41 Å². The van der Waals surface area contributed by atoms with Crippen LogP contribution < -0.4 is 54.0 Å². The van der Waals surface area contributed by atoms with Gasteiger partial charge in [-0.2, -0.15) is 0 Å². The number of nitrogens with zero attached hydrogens (tertiary/aromatic N) is 2. The minimum absolute atomic E-state index is 0.0369. The van der Waals surface area contributed by atoms with E-state index in [0.717, 1.165) is 77.0 Å².